The number of morpholine rings is 1. The maximum absolute atomic E-state index is 10.2. The van der Waals surface area contributed by atoms with Crippen LogP contribution in [0.2, 0.25) is 0 Å². The van der Waals surface area contributed by atoms with Gasteiger partial charge in [0.25, 0.3) is 0 Å². The van der Waals surface area contributed by atoms with Crippen LogP contribution in [0.4, 0.5) is 5.82 Å². The lowest BCUT2D eigenvalue weighted by atomic mass is 10.0. The number of ether oxygens (including phenoxy) is 1. The van der Waals surface area contributed by atoms with Crippen molar-refractivity contribution in [2.24, 2.45) is 7.05 Å². The van der Waals surface area contributed by atoms with Gasteiger partial charge in [0.15, 0.2) is 0 Å². The van der Waals surface area contributed by atoms with E-state index < -0.39 is 5.60 Å². The van der Waals surface area contributed by atoms with Crippen LogP contribution in [0.15, 0.2) is 0 Å². The van der Waals surface area contributed by atoms with E-state index >= 15 is 0 Å². The van der Waals surface area contributed by atoms with E-state index in [-0.39, 0.29) is 0 Å². The number of likely N-dealkylation sites (N-methyl/N-ethyl adjacent to an activating group) is 1. The van der Waals surface area contributed by atoms with Gasteiger partial charge in [0.2, 0.25) is 0 Å². The van der Waals surface area contributed by atoms with Crippen LogP contribution in [0.5, 0.6) is 0 Å². The molecule has 0 bridgehead atoms. The molecular weight excluding hydrogens is 304 g/mol. The Kier molecular flexibility index (Phi) is 6.28. The molecular formula is C18H34N4O2. The molecule has 0 unspecified atom stereocenters. The number of rotatable bonds is 7. The minimum Gasteiger partial charge on any atom is -0.389 e. The zero-order valence-electron chi connectivity index (χ0n) is 16.2. The van der Waals surface area contributed by atoms with Crippen LogP contribution < -0.4 is 4.90 Å². The molecule has 2 heterocycles. The molecule has 138 valence electrons. The summed E-state index contributed by atoms with van der Waals surface area (Å²) < 4.78 is 7.53. The highest BCUT2D eigenvalue weighted by molar-refractivity contribution is 5.51. The van der Waals surface area contributed by atoms with Crippen molar-refractivity contribution >= 4 is 5.82 Å². The summed E-state index contributed by atoms with van der Waals surface area (Å²) >= 11 is 0. The van der Waals surface area contributed by atoms with Crippen molar-refractivity contribution in [1.82, 2.24) is 14.7 Å². The number of hydrogen-bond donors (Lipinski definition) is 1. The smallest absolute Gasteiger partial charge is 0.131 e. The summed E-state index contributed by atoms with van der Waals surface area (Å²) in [7, 11) is 2.03. The van der Waals surface area contributed by atoms with Gasteiger partial charge in [0.1, 0.15) is 5.82 Å². The quantitative estimate of drug-likeness (QED) is 0.824. The van der Waals surface area contributed by atoms with Crippen molar-refractivity contribution in [3.05, 3.63) is 11.3 Å². The summed E-state index contributed by atoms with van der Waals surface area (Å²) in [6.07, 6.45) is 0. The van der Waals surface area contributed by atoms with Crippen LogP contribution in [0.1, 0.15) is 51.8 Å². The van der Waals surface area contributed by atoms with Crippen LogP contribution in [0.3, 0.4) is 0 Å². The predicted octanol–water partition coefficient (Wildman–Crippen LogP) is 1.97. The van der Waals surface area contributed by atoms with E-state index in [1.54, 1.807) is 0 Å². The molecule has 1 aliphatic rings. The number of nitrogens with zero attached hydrogens (tertiary/aromatic N) is 4. The Morgan fingerprint density at radius 1 is 1.29 bits per heavy atom. The van der Waals surface area contributed by atoms with E-state index in [9.17, 15) is 5.11 Å². The summed E-state index contributed by atoms with van der Waals surface area (Å²) in [4.78, 5) is 4.68. The Balaban J connectivity index is 2.34. The van der Waals surface area contributed by atoms with Gasteiger partial charge >= 0.3 is 0 Å². The van der Waals surface area contributed by atoms with Crippen LogP contribution in [0, 0.1) is 0 Å². The van der Waals surface area contributed by atoms with Crippen molar-refractivity contribution in [2.75, 3.05) is 44.3 Å². The number of aromatic nitrogens is 2. The van der Waals surface area contributed by atoms with E-state index in [0.29, 0.717) is 12.5 Å². The lowest BCUT2D eigenvalue weighted by Crippen LogP contribution is -2.40. The first kappa shape index (κ1) is 19.2. The van der Waals surface area contributed by atoms with Gasteiger partial charge in [-0.1, -0.05) is 20.8 Å². The molecule has 0 aliphatic carbocycles. The van der Waals surface area contributed by atoms with Gasteiger partial charge in [-0.3, -0.25) is 9.58 Å². The van der Waals surface area contributed by atoms with E-state index in [4.69, 9.17) is 9.84 Å². The third-order valence-electron chi connectivity index (χ3n) is 4.44. The zero-order valence-corrected chi connectivity index (χ0v) is 16.2. The third kappa shape index (κ3) is 4.71. The Hall–Kier alpha value is -1.11. The minimum atomic E-state index is -0.699. The SMILES string of the molecule is CCN(Cc1c(C(C)C)nn(C)c1N1CCOCC1)CC(C)(C)O. The highest BCUT2D eigenvalue weighted by Gasteiger charge is 2.27. The van der Waals surface area contributed by atoms with Gasteiger partial charge in [0, 0.05) is 38.8 Å². The van der Waals surface area contributed by atoms with Crippen LogP contribution in [-0.4, -0.2) is 64.8 Å². The first-order valence-electron chi connectivity index (χ1n) is 9.06. The Bertz CT molecular complexity index is 528. The number of anilines is 1. The Morgan fingerprint density at radius 3 is 2.42 bits per heavy atom. The second-order valence-corrected chi connectivity index (χ2v) is 7.68. The second-order valence-electron chi connectivity index (χ2n) is 7.68. The van der Waals surface area contributed by atoms with Crippen molar-refractivity contribution in [2.45, 2.75) is 52.7 Å². The molecule has 24 heavy (non-hydrogen) atoms. The highest BCUT2D eigenvalue weighted by atomic mass is 16.5. The summed E-state index contributed by atoms with van der Waals surface area (Å²) in [5.41, 5.74) is 1.75. The lowest BCUT2D eigenvalue weighted by molar-refractivity contribution is 0.0352. The predicted molar refractivity (Wildman–Crippen MR) is 97.6 cm³/mol. The summed E-state index contributed by atoms with van der Waals surface area (Å²) in [5, 5.41) is 15.0. The van der Waals surface area contributed by atoms with Crippen molar-refractivity contribution in [1.29, 1.82) is 0 Å². The molecule has 2 rings (SSSR count). The number of aliphatic hydroxyl groups is 1. The molecule has 0 aromatic carbocycles. The van der Waals surface area contributed by atoms with E-state index in [1.165, 1.54) is 11.4 Å². The summed E-state index contributed by atoms with van der Waals surface area (Å²) in [6.45, 7) is 16.0. The van der Waals surface area contributed by atoms with Gasteiger partial charge in [-0.15, -0.1) is 0 Å². The van der Waals surface area contributed by atoms with Gasteiger partial charge in [-0.25, -0.2) is 0 Å². The van der Waals surface area contributed by atoms with Crippen LogP contribution >= 0.6 is 0 Å². The number of aryl methyl sites for hydroxylation is 1. The fourth-order valence-electron chi connectivity index (χ4n) is 3.42. The fraction of sp³-hybridized carbons (Fsp3) is 0.833. The van der Waals surface area contributed by atoms with E-state index in [1.807, 2.05) is 25.6 Å². The van der Waals surface area contributed by atoms with Crippen LogP contribution in [0.25, 0.3) is 0 Å². The molecule has 1 aliphatic heterocycles. The van der Waals surface area contributed by atoms with E-state index in [0.717, 1.165) is 45.1 Å². The molecule has 1 N–H and O–H groups in total. The molecule has 0 spiro atoms. The summed E-state index contributed by atoms with van der Waals surface area (Å²) in [5.74, 6) is 1.58. The van der Waals surface area contributed by atoms with Gasteiger partial charge < -0.3 is 14.7 Å². The minimum absolute atomic E-state index is 0.377. The monoisotopic (exact) mass is 338 g/mol. The fourth-order valence-corrected chi connectivity index (χ4v) is 3.42. The molecule has 1 aromatic heterocycles. The normalized spacial score (nSPS) is 16.5. The average molecular weight is 338 g/mol. The zero-order chi connectivity index (χ0) is 17.9. The molecule has 1 saturated heterocycles. The van der Waals surface area contributed by atoms with Crippen molar-refractivity contribution in [3.8, 4) is 0 Å². The Labute approximate surface area is 146 Å². The third-order valence-corrected chi connectivity index (χ3v) is 4.44. The molecule has 6 nitrogen and oxygen atoms in total. The molecule has 0 atom stereocenters. The van der Waals surface area contributed by atoms with Crippen molar-refractivity contribution in [3.63, 3.8) is 0 Å². The van der Waals surface area contributed by atoms with Crippen molar-refractivity contribution < 1.29 is 9.84 Å². The number of hydrogen-bond acceptors (Lipinski definition) is 5. The first-order valence-corrected chi connectivity index (χ1v) is 9.06. The van der Waals surface area contributed by atoms with Gasteiger partial charge in [0.05, 0.1) is 24.5 Å². The molecule has 0 radical (unpaired) electrons. The van der Waals surface area contributed by atoms with Crippen LogP contribution in [-0.2, 0) is 18.3 Å². The maximum Gasteiger partial charge on any atom is 0.131 e. The second kappa shape index (κ2) is 7.85. The van der Waals surface area contributed by atoms with E-state index in [2.05, 4.69) is 30.6 Å². The average Bonchev–Trinajstić information content (AvgIpc) is 2.82. The lowest BCUT2D eigenvalue weighted by Gasteiger charge is -2.32. The molecule has 0 saturated carbocycles. The van der Waals surface area contributed by atoms with Gasteiger partial charge in [-0.2, -0.15) is 5.10 Å². The molecule has 6 heteroatoms. The topological polar surface area (TPSA) is 53.8 Å². The van der Waals surface area contributed by atoms with Gasteiger partial charge in [-0.05, 0) is 26.3 Å². The standard InChI is InChI=1S/C18H34N4O2/c1-7-21(13-18(4,5)23)12-15-16(14(2)3)19-20(6)17(15)22-8-10-24-11-9-22/h14,23H,7-13H2,1-6H3. The highest BCUT2D eigenvalue weighted by Crippen LogP contribution is 2.30. The first-order chi connectivity index (χ1) is 11.2. The Morgan fingerprint density at radius 2 is 1.92 bits per heavy atom. The largest absolute Gasteiger partial charge is 0.389 e. The molecule has 1 fully saturated rings. The maximum atomic E-state index is 10.2. The molecule has 0 amide bonds. The summed E-state index contributed by atoms with van der Waals surface area (Å²) in [6, 6.07) is 0. The molecule has 1 aromatic rings.